The van der Waals surface area contributed by atoms with Gasteiger partial charge in [-0.05, 0) is 25.8 Å². The SMILES string of the molecule is CC(NC1CCCCC1)(C(N)=O)c1cncc(F)c1. The predicted molar refractivity (Wildman–Crippen MR) is 70.8 cm³/mol. The summed E-state index contributed by atoms with van der Waals surface area (Å²) in [6.07, 6.45) is 8.17. The standard InChI is InChI=1S/C14H20FN3O/c1-14(13(16)19,10-7-11(15)9-17-8-10)18-12-5-3-2-4-6-12/h7-9,12,18H,2-6H2,1H3,(H2,16,19). The van der Waals surface area contributed by atoms with Crippen LogP contribution in [0.4, 0.5) is 4.39 Å². The number of hydrogen-bond donors (Lipinski definition) is 2. The third-order valence-corrected chi connectivity index (χ3v) is 3.87. The van der Waals surface area contributed by atoms with Gasteiger partial charge in [0, 0.05) is 17.8 Å². The van der Waals surface area contributed by atoms with Crippen molar-refractivity contribution >= 4 is 5.91 Å². The van der Waals surface area contributed by atoms with Crippen LogP contribution in [0, 0.1) is 5.82 Å². The Labute approximate surface area is 112 Å². The molecule has 1 heterocycles. The van der Waals surface area contributed by atoms with Gasteiger partial charge in [-0.2, -0.15) is 0 Å². The van der Waals surface area contributed by atoms with E-state index >= 15 is 0 Å². The van der Waals surface area contributed by atoms with Gasteiger partial charge in [0.05, 0.1) is 6.20 Å². The number of pyridine rings is 1. The molecule has 0 radical (unpaired) electrons. The van der Waals surface area contributed by atoms with Gasteiger partial charge in [-0.3, -0.25) is 15.1 Å². The molecule has 3 N–H and O–H groups in total. The summed E-state index contributed by atoms with van der Waals surface area (Å²) in [5, 5.41) is 3.29. The summed E-state index contributed by atoms with van der Waals surface area (Å²) in [6, 6.07) is 1.56. The van der Waals surface area contributed by atoms with Gasteiger partial charge in [-0.1, -0.05) is 19.3 Å². The Morgan fingerprint density at radius 1 is 1.42 bits per heavy atom. The minimum Gasteiger partial charge on any atom is -0.368 e. The van der Waals surface area contributed by atoms with Crippen molar-refractivity contribution in [2.24, 2.45) is 5.73 Å². The van der Waals surface area contributed by atoms with Crippen LogP contribution >= 0.6 is 0 Å². The van der Waals surface area contributed by atoms with Crippen molar-refractivity contribution < 1.29 is 9.18 Å². The summed E-state index contributed by atoms with van der Waals surface area (Å²) < 4.78 is 13.3. The van der Waals surface area contributed by atoms with Gasteiger partial charge in [0.15, 0.2) is 0 Å². The number of hydrogen-bond acceptors (Lipinski definition) is 3. The highest BCUT2D eigenvalue weighted by atomic mass is 19.1. The fourth-order valence-electron chi connectivity index (χ4n) is 2.64. The van der Waals surface area contributed by atoms with Crippen LogP contribution in [0.15, 0.2) is 18.5 Å². The van der Waals surface area contributed by atoms with Crippen LogP contribution in [0.5, 0.6) is 0 Å². The Bertz CT molecular complexity index is 460. The summed E-state index contributed by atoms with van der Waals surface area (Å²) in [7, 11) is 0. The Morgan fingerprint density at radius 2 is 2.11 bits per heavy atom. The Balaban J connectivity index is 2.24. The van der Waals surface area contributed by atoms with Crippen LogP contribution in [0.2, 0.25) is 0 Å². The minimum absolute atomic E-state index is 0.245. The predicted octanol–water partition coefficient (Wildman–Crippen LogP) is 1.84. The van der Waals surface area contributed by atoms with E-state index in [1.54, 1.807) is 6.92 Å². The second-order valence-electron chi connectivity index (χ2n) is 5.36. The molecule has 0 spiro atoms. The number of nitrogens with zero attached hydrogens (tertiary/aromatic N) is 1. The van der Waals surface area contributed by atoms with Crippen molar-refractivity contribution in [1.82, 2.24) is 10.3 Å². The molecule has 1 aliphatic carbocycles. The number of nitrogens with two attached hydrogens (primary N) is 1. The number of carbonyl (C=O) groups is 1. The van der Waals surface area contributed by atoms with Crippen LogP contribution in [-0.2, 0) is 10.3 Å². The third-order valence-electron chi connectivity index (χ3n) is 3.87. The van der Waals surface area contributed by atoms with Gasteiger partial charge < -0.3 is 5.73 Å². The van der Waals surface area contributed by atoms with E-state index < -0.39 is 17.3 Å². The van der Waals surface area contributed by atoms with Gasteiger partial charge in [0.2, 0.25) is 5.91 Å². The molecular weight excluding hydrogens is 245 g/mol. The lowest BCUT2D eigenvalue weighted by molar-refractivity contribution is -0.124. The Hall–Kier alpha value is -1.49. The van der Waals surface area contributed by atoms with Crippen molar-refractivity contribution in [2.75, 3.05) is 0 Å². The zero-order valence-electron chi connectivity index (χ0n) is 11.2. The Kier molecular flexibility index (Phi) is 4.14. The number of carbonyl (C=O) groups excluding carboxylic acids is 1. The van der Waals surface area contributed by atoms with Gasteiger partial charge in [-0.15, -0.1) is 0 Å². The molecule has 1 aromatic rings. The first kappa shape index (κ1) is 13.9. The first-order valence-electron chi connectivity index (χ1n) is 6.71. The maximum Gasteiger partial charge on any atom is 0.242 e. The second-order valence-corrected chi connectivity index (χ2v) is 5.36. The number of primary amides is 1. The van der Waals surface area contributed by atoms with Crippen LogP contribution < -0.4 is 11.1 Å². The third kappa shape index (κ3) is 3.10. The molecule has 0 saturated heterocycles. The first-order chi connectivity index (χ1) is 9.02. The van der Waals surface area contributed by atoms with Crippen molar-refractivity contribution in [3.8, 4) is 0 Å². The van der Waals surface area contributed by atoms with Crippen molar-refractivity contribution in [3.05, 3.63) is 29.8 Å². The van der Waals surface area contributed by atoms with Crippen LogP contribution in [0.1, 0.15) is 44.6 Å². The topological polar surface area (TPSA) is 68.0 Å². The first-order valence-corrected chi connectivity index (χ1v) is 6.71. The summed E-state index contributed by atoms with van der Waals surface area (Å²) in [4.78, 5) is 15.6. The maximum absolute atomic E-state index is 13.3. The molecule has 19 heavy (non-hydrogen) atoms. The van der Waals surface area contributed by atoms with E-state index in [1.807, 2.05) is 0 Å². The molecule has 1 atom stereocenters. The smallest absolute Gasteiger partial charge is 0.242 e. The van der Waals surface area contributed by atoms with Crippen molar-refractivity contribution in [3.63, 3.8) is 0 Å². The van der Waals surface area contributed by atoms with Crippen LogP contribution in [0.25, 0.3) is 0 Å². The fourth-order valence-corrected chi connectivity index (χ4v) is 2.64. The molecule has 0 bridgehead atoms. The van der Waals surface area contributed by atoms with Gasteiger partial charge >= 0.3 is 0 Å². The summed E-state index contributed by atoms with van der Waals surface area (Å²) in [5.41, 5.74) is 4.92. The average Bonchev–Trinajstić information content (AvgIpc) is 2.39. The van der Waals surface area contributed by atoms with E-state index in [9.17, 15) is 9.18 Å². The quantitative estimate of drug-likeness (QED) is 0.873. The molecule has 0 aliphatic heterocycles. The van der Waals surface area contributed by atoms with Crippen molar-refractivity contribution in [1.29, 1.82) is 0 Å². The highest BCUT2D eigenvalue weighted by molar-refractivity contribution is 5.85. The number of halogens is 1. The molecule has 1 amide bonds. The monoisotopic (exact) mass is 265 g/mol. The Morgan fingerprint density at radius 3 is 2.68 bits per heavy atom. The lowest BCUT2D eigenvalue weighted by Gasteiger charge is -2.34. The number of amides is 1. The molecule has 1 aromatic heterocycles. The van der Waals surface area contributed by atoms with Crippen LogP contribution in [-0.4, -0.2) is 16.9 Å². The number of rotatable bonds is 4. The molecule has 5 heteroatoms. The molecule has 0 aromatic carbocycles. The second kappa shape index (κ2) is 5.65. The molecule has 1 fully saturated rings. The van der Waals surface area contributed by atoms with Crippen LogP contribution in [0.3, 0.4) is 0 Å². The minimum atomic E-state index is -1.07. The van der Waals surface area contributed by atoms with E-state index in [4.69, 9.17) is 5.73 Å². The molecule has 1 saturated carbocycles. The number of aromatic nitrogens is 1. The van der Waals surface area contributed by atoms with E-state index in [-0.39, 0.29) is 6.04 Å². The van der Waals surface area contributed by atoms with E-state index in [2.05, 4.69) is 10.3 Å². The summed E-state index contributed by atoms with van der Waals surface area (Å²) in [6.45, 7) is 1.69. The largest absolute Gasteiger partial charge is 0.368 e. The highest BCUT2D eigenvalue weighted by Gasteiger charge is 2.36. The summed E-state index contributed by atoms with van der Waals surface area (Å²) in [5.74, 6) is -0.971. The zero-order chi connectivity index (χ0) is 13.9. The van der Waals surface area contributed by atoms with Crippen molar-refractivity contribution in [2.45, 2.75) is 50.6 Å². The van der Waals surface area contributed by atoms with Gasteiger partial charge in [0.25, 0.3) is 0 Å². The molecule has 1 unspecified atom stereocenters. The molecule has 1 aliphatic rings. The molecule has 2 rings (SSSR count). The normalized spacial score (nSPS) is 19.9. The average molecular weight is 265 g/mol. The fraction of sp³-hybridized carbons (Fsp3) is 0.571. The number of nitrogens with one attached hydrogen (secondary N) is 1. The lowest BCUT2D eigenvalue weighted by Crippen LogP contribution is -2.54. The zero-order valence-corrected chi connectivity index (χ0v) is 11.2. The highest BCUT2D eigenvalue weighted by Crippen LogP contribution is 2.25. The maximum atomic E-state index is 13.3. The van der Waals surface area contributed by atoms with E-state index in [1.165, 1.54) is 18.7 Å². The van der Waals surface area contributed by atoms with E-state index in [0.717, 1.165) is 31.9 Å². The molecule has 4 nitrogen and oxygen atoms in total. The molecular formula is C14H20FN3O. The molecule has 104 valence electrons. The lowest BCUT2D eigenvalue weighted by atomic mass is 9.88. The van der Waals surface area contributed by atoms with Gasteiger partial charge in [0.1, 0.15) is 11.4 Å². The van der Waals surface area contributed by atoms with E-state index in [0.29, 0.717) is 5.56 Å². The van der Waals surface area contributed by atoms with Gasteiger partial charge in [-0.25, -0.2) is 4.39 Å². The summed E-state index contributed by atoms with van der Waals surface area (Å²) >= 11 is 0.